The topological polar surface area (TPSA) is 70.1 Å². The van der Waals surface area contributed by atoms with Gasteiger partial charge in [-0.15, -0.1) is 0 Å². The maximum absolute atomic E-state index is 12.6. The highest BCUT2D eigenvalue weighted by Crippen LogP contribution is 2.43. The summed E-state index contributed by atoms with van der Waals surface area (Å²) in [5.74, 6) is -0.286. The molecule has 0 atom stereocenters. The molecule has 168 valence electrons. The zero-order valence-corrected chi connectivity index (χ0v) is 18.9. The Morgan fingerprint density at radius 3 is 2.50 bits per heavy atom. The van der Waals surface area contributed by atoms with E-state index in [1.165, 1.54) is 41.7 Å². The number of likely N-dealkylation sites (tertiary alicyclic amines) is 1. The van der Waals surface area contributed by atoms with Crippen LogP contribution in [0.2, 0.25) is 5.02 Å². The van der Waals surface area contributed by atoms with Crippen molar-refractivity contribution in [2.24, 2.45) is 0 Å². The number of aryl methyl sites for hydroxylation is 1. The van der Waals surface area contributed by atoms with E-state index >= 15 is 0 Å². The molecule has 1 N–H and O–H groups in total. The second kappa shape index (κ2) is 8.09. The van der Waals surface area contributed by atoms with Crippen LogP contribution in [-0.2, 0) is 11.3 Å². The third-order valence-electron chi connectivity index (χ3n) is 7.01. The lowest BCUT2D eigenvalue weighted by Crippen LogP contribution is -2.46. The first kappa shape index (κ1) is 21.3. The number of carboxylic acid groups (broad SMARTS) is 1. The number of amides is 1. The number of aromatic carboxylic acids is 1. The van der Waals surface area contributed by atoms with Gasteiger partial charge in [-0.05, 0) is 72.7 Å². The number of nitrogens with zero attached hydrogens (tertiary/aromatic N) is 2. The largest absolute Gasteiger partial charge is 0.478 e. The zero-order valence-electron chi connectivity index (χ0n) is 18.1. The average molecular weight is 455 g/mol. The summed E-state index contributed by atoms with van der Waals surface area (Å²) in [5, 5.41) is 9.91. The first-order valence-electron chi connectivity index (χ1n) is 11.2. The molecule has 1 saturated carbocycles. The van der Waals surface area contributed by atoms with E-state index in [-0.39, 0.29) is 11.7 Å². The van der Waals surface area contributed by atoms with Crippen molar-refractivity contribution in [3.05, 3.63) is 63.7 Å². The summed E-state index contributed by atoms with van der Waals surface area (Å²) in [4.78, 5) is 27.7. The minimum atomic E-state index is -0.984. The van der Waals surface area contributed by atoms with Crippen LogP contribution in [0.3, 0.4) is 0 Å². The van der Waals surface area contributed by atoms with Crippen LogP contribution in [0.5, 0.6) is 0 Å². The summed E-state index contributed by atoms with van der Waals surface area (Å²) in [6, 6.07) is 10.7. The fraction of sp³-hybridized carbons (Fsp3) is 0.440. The van der Waals surface area contributed by atoms with Gasteiger partial charge in [-0.1, -0.05) is 17.7 Å². The third-order valence-corrected chi connectivity index (χ3v) is 7.36. The average Bonchev–Trinajstić information content (AvgIpc) is 3.56. The van der Waals surface area contributed by atoms with Crippen molar-refractivity contribution in [3.63, 3.8) is 0 Å². The fourth-order valence-electron chi connectivity index (χ4n) is 4.92. The van der Waals surface area contributed by atoms with Crippen LogP contribution in [-0.4, -0.2) is 47.3 Å². The highest BCUT2D eigenvalue weighted by Gasteiger charge is 2.47. The molecule has 1 spiro atoms. The van der Waals surface area contributed by atoms with E-state index in [9.17, 15) is 9.59 Å². The highest BCUT2D eigenvalue weighted by atomic mass is 35.5. The number of ether oxygens (including phenoxy) is 1. The Morgan fingerprint density at radius 1 is 1.19 bits per heavy atom. The number of rotatable bonds is 5. The van der Waals surface area contributed by atoms with E-state index in [4.69, 9.17) is 21.4 Å². The maximum atomic E-state index is 12.6. The number of benzene rings is 2. The molecule has 32 heavy (non-hydrogen) atoms. The van der Waals surface area contributed by atoms with Crippen molar-refractivity contribution in [2.75, 3.05) is 24.5 Å². The van der Waals surface area contributed by atoms with E-state index in [0.717, 1.165) is 37.5 Å². The standard InChI is InChI=1S/C25H27ClN2O4/c1-16-12-22(26)19(13-21(16)17-2-3-17)14-27-10-8-25(9-11-27)15-28(24(31)32-25)20-6-4-18(5-7-20)23(29)30/h4-7,12-13,17H,2-3,8-11,14-15H2,1H3,(H,29,30). The van der Waals surface area contributed by atoms with Crippen LogP contribution in [0.15, 0.2) is 36.4 Å². The molecule has 0 bridgehead atoms. The maximum Gasteiger partial charge on any atom is 0.415 e. The highest BCUT2D eigenvalue weighted by molar-refractivity contribution is 6.31. The molecule has 2 aliphatic heterocycles. The predicted octanol–water partition coefficient (Wildman–Crippen LogP) is 5.22. The molecule has 2 heterocycles. The molecular weight excluding hydrogens is 428 g/mol. The quantitative estimate of drug-likeness (QED) is 0.671. The smallest absolute Gasteiger partial charge is 0.415 e. The van der Waals surface area contributed by atoms with E-state index in [1.54, 1.807) is 17.0 Å². The molecule has 6 nitrogen and oxygen atoms in total. The van der Waals surface area contributed by atoms with Gasteiger partial charge in [0, 0.05) is 43.2 Å². The molecule has 3 fully saturated rings. The number of halogens is 1. The van der Waals surface area contributed by atoms with Crippen LogP contribution in [0, 0.1) is 6.92 Å². The first-order chi connectivity index (χ1) is 15.3. The summed E-state index contributed by atoms with van der Waals surface area (Å²) in [5.41, 5.74) is 4.27. The van der Waals surface area contributed by atoms with Gasteiger partial charge in [0.15, 0.2) is 0 Å². The summed E-state index contributed by atoms with van der Waals surface area (Å²) in [7, 11) is 0. The Labute approximate surface area is 192 Å². The van der Waals surface area contributed by atoms with E-state index in [1.807, 2.05) is 0 Å². The monoisotopic (exact) mass is 454 g/mol. The number of piperidine rings is 1. The van der Waals surface area contributed by atoms with E-state index in [2.05, 4.69) is 24.0 Å². The molecule has 0 unspecified atom stereocenters. The Hall–Kier alpha value is -2.57. The summed E-state index contributed by atoms with van der Waals surface area (Å²) in [6.07, 6.45) is 3.71. The van der Waals surface area contributed by atoms with Crippen LogP contribution in [0.4, 0.5) is 10.5 Å². The van der Waals surface area contributed by atoms with Crippen LogP contribution in [0.1, 0.15) is 58.6 Å². The predicted molar refractivity (Wildman–Crippen MR) is 123 cm³/mol. The van der Waals surface area contributed by atoms with Gasteiger partial charge in [0.05, 0.1) is 12.1 Å². The Morgan fingerprint density at radius 2 is 1.88 bits per heavy atom. The summed E-state index contributed by atoms with van der Waals surface area (Å²) in [6.45, 7) is 5.11. The lowest BCUT2D eigenvalue weighted by Gasteiger charge is -2.37. The Bertz CT molecular complexity index is 1060. The van der Waals surface area contributed by atoms with Gasteiger partial charge in [0.2, 0.25) is 0 Å². The minimum Gasteiger partial charge on any atom is -0.478 e. The van der Waals surface area contributed by atoms with Crippen LogP contribution >= 0.6 is 11.6 Å². The van der Waals surface area contributed by atoms with Gasteiger partial charge >= 0.3 is 12.1 Å². The van der Waals surface area contributed by atoms with Gasteiger partial charge in [0.25, 0.3) is 0 Å². The molecule has 3 aliphatic rings. The van der Waals surface area contributed by atoms with Crippen LogP contribution in [0.25, 0.3) is 0 Å². The number of hydrogen-bond donors (Lipinski definition) is 1. The van der Waals surface area contributed by atoms with Gasteiger partial charge < -0.3 is 9.84 Å². The molecule has 2 saturated heterocycles. The zero-order chi connectivity index (χ0) is 22.5. The number of carboxylic acids is 1. The van der Waals surface area contributed by atoms with Crippen molar-refractivity contribution in [1.29, 1.82) is 0 Å². The SMILES string of the molecule is Cc1cc(Cl)c(CN2CCC3(CC2)CN(c2ccc(C(=O)O)cc2)C(=O)O3)cc1C1CC1. The summed E-state index contributed by atoms with van der Waals surface area (Å²) >= 11 is 6.56. The molecule has 2 aromatic rings. The summed E-state index contributed by atoms with van der Waals surface area (Å²) < 4.78 is 5.85. The molecular formula is C25H27ClN2O4. The second-order valence-corrected chi connectivity index (χ2v) is 9.75. The van der Waals surface area contributed by atoms with Gasteiger partial charge in [-0.2, -0.15) is 0 Å². The molecule has 1 amide bonds. The molecule has 0 aromatic heterocycles. The van der Waals surface area contributed by atoms with Crippen molar-refractivity contribution >= 4 is 29.4 Å². The van der Waals surface area contributed by atoms with Crippen LogP contribution < -0.4 is 4.90 Å². The number of carbonyl (C=O) groups excluding carboxylic acids is 1. The number of hydrogen-bond acceptors (Lipinski definition) is 4. The third kappa shape index (κ3) is 4.09. The molecule has 7 heteroatoms. The van der Waals surface area contributed by atoms with Crippen molar-refractivity contribution in [1.82, 2.24) is 4.90 Å². The Balaban J connectivity index is 1.23. The lowest BCUT2D eigenvalue weighted by molar-refractivity contribution is -0.000974. The normalized spacial score (nSPS) is 20.6. The van der Waals surface area contributed by atoms with Gasteiger partial charge in [-0.3, -0.25) is 9.80 Å². The lowest BCUT2D eigenvalue weighted by atomic mass is 9.90. The minimum absolute atomic E-state index is 0.198. The van der Waals surface area contributed by atoms with Gasteiger partial charge in [-0.25, -0.2) is 9.59 Å². The Kier molecular flexibility index (Phi) is 5.38. The number of carbonyl (C=O) groups is 2. The van der Waals surface area contributed by atoms with E-state index < -0.39 is 11.6 Å². The van der Waals surface area contributed by atoms with Crippen molar-refractivity contribution in [2.45, 2.75) is 50.7 Å². The van der Waals surface area contributed by atoms with Crippen molar-refractivity contribution < 1.29 is 19.4 Å². The first-order valence-corrected chi connectivity index (χ1v) is 11.6. The van der Waals surface area contributed by atoms with Crippen molar-refractivity contribution in [3.8, 4) is 0 Å². The number of anilines is 1. The second-order valence-electron chi connectivity index (χ2n) is 9.34. The van der Waals surface area contributed by atoms with E-state index in [0.29, 0.717) is 18.2 Å². The molecule has 2 aromatic carbocycles. The molecule has 1 aliphatic carbocycles. The fourth-order valence-corrected chi connectivity index (χ4v) is 5.20. The molecule has 5 rings (SSSR count). The molecule has 0 radical (unpaired) electrons. The van der Waals surface area contributed by atoms with Gasteiger partial charge in [0.1, 0.15) is 5.60 Å².